The Hall–Kier alpha value is -1.56. The second-order valence-electron chi connectivity index (χ2n) is 4.46. The van der Waals surface area contributed by atoms with E-state index in [1.165, 1.54) is 5.56 Å². The SMILES string of the molecule is CC.Cc1ccc(N2CCC(C#N)CC2)nc1C. The van der Waals surface area contributed by atoms with E-state index in [0.717, 1.165) is 37.4 Å². The molecule has 1 saturated heterocycles. The van der Waals surface area contributed by atoms with E-state index in [1.807, 2.05) is 20.8 Å². The Bertz CT molecular complexity index is 412. The summed E-state index contributed by atoms with van der Waals surface area (Å²) in [5, 5.41) is 8.84. The number of rotatable bonds is 1. The number of hydrogen-bond donors (Lipinski definition) is 0. The smallest absolute Gasteiger partial charge is 0.128 e. The molecule has 1 aromatic rings. The number of nitrogens with zero attached hydrogens (tertiary/aromatic N) is 3. The van der Waals surface area contributed by atoms with Crippen molar-refractivity contribution in [3.8, 4) is 6.07 Å². The molecule has 3 heteroatoms. The van der Waals surface area contributed by atoms with Crippen LogP contribution in [0.25, 0.3) is 0 Å². The van der Waals surface area contributed by atoms with Gasteiger partial charge in [-0.15, -0.1) is 0 Å². The van der Waals surface area contributed by atoms with Crippen LogP contribution in [0.5, 0.6) is 0 Å². The van der Waals surface area contributed by atoms with Crippen molar-refractivity contribution in [1.29, 1.82) is 5.26 Å². The number of aryl methyl sites for hydroxylation is 2. The Morgan fingerprint density at radius 1 is 1.22 bits per heavy atom. The predicted molar refractivity (Wildman–Crippen MR) is 75.6 cm³/mol. The summed E-state index contributed by atoms with van der Waals surface area (Å²) in [5.74, 6) is 1.29. The molecule has 98 valence electrons. The summed E-state index contributed by atoms with van der Waals surface area (Å²) >= 11 is 0. The molecule has 0 aromatic carbocycles. The fourth-order valence-corrected chi connectivity index (χ4v) is 2.03. The van der Waals surface area contributed by atoms with Crippen LogP contribution in [0.4, 0.5) is 5.82 Å². The molecule has 0 amide bonds. The lowest BCUT2D eigenvalue weighted by molar-refractivity contribution is 0.485. The van der Waals surface area contributed by atoms with Crippen LogP contribution in [-0.4, -0.2) is 18.1 Å². The van der Waals surface area contributed by atoms with E-state index in [1.54, 1.807) is 0 Å². The highest BCUT2D eigenvalue weighted by atomic mass is 15.2. The number of hydrogen-bond acceptors (Lipinski definition) is 3. The second kappa shape index (κ2) is 7.00. The van der Waals surface area contributed by atoms with Crippen LogP contribution in [0.15, 0.2) is 12.1 Å². The molecule has 2 heterocycles. The van der Waals surface area contributed by atoms with Crippen molar-refractivity contribution < 1.29 is 0 Å². The molecule has 0 saturated carbocycles. The average Bonchev–Trinajstić information content (AvgIpc) is 2.44. The van der Waals surface area contributed by atoms with Gasteiger partial charge in [0.2, 0.25) is 0 Å². The van der Waals surface area contributed by atoms with E-state index < -0.39 is 0 Å². The summed E-state index contributed by atoms with van der Waals surface area (Å²) in [6.07, 6.45) is 1.93. The number of nitriles is 1. The summed E-state index contributed by atoms with van der Waals surface area (Å²) in [5.41, 5.74) is 2.33. The summed E-state index contributed by atoms with van der Waals surface area (Å²) in [4.78, 5) is 6.87. The first-order valence-electron chi connectivity index (χ1n) is 6.79. The van der Waals surface area contributed by atoms with Crippen molar-refractivity contribution in [3.63, 3.8) is 0 Å². The highest BCUT2D eigenvalue weighted by Crippen LogP contribution is 2.22. The fourth-order valence-electron chi connectivity index (χ4n) is 2.03. The lowest BCUT2D eigenvalue weighted by Gasteiger charge is -2.30. The van der Waals surface area contributed by atoms with Crippen LogP contribution in [0, 0.1) is 31.1 Å². The number of piperidine rings is 1. The highest BCUT2D eigenvalue weighted by Gasteiger charge is 2.19. The molecule has 0 radical (unpaired) electrons. The summed E-state index contributed by atoms with van der Waals surface area (Å²) < 4.78 is 0. The van der Waals surface area contributed by atoms with Gasteiger partial charge in [-0.3, -0.25) is 0 Å². The van der Waals surface area contributed by atoms with Crippen molar-refractivity contribution in [3.05, 3.63) is 23.4 Å². The molecule has 0 unspecified atom stereocenters. The fraction of sp³-hybridized carbons (Fsp3) is 0.600. The van der Waals surface area contributed by atoms with E-state index >= 15 is 0 Å². The van der Waals surface area contributed by atoms with E-state index in [2.05, 4.69) is 35.0 Å². The Balaban J connectivity index is 0.000000771. The third-order valence-electron chi connectivity index (χ3n) is 3.34. The van der Waals surface area contributed by atoms with Gasteiger partial charge >= 0.3 is 0 Å². The van der Waals surface area contributed by atoms with Gasteiger partial charge in [0.1, 0.15) is 5.82 Å². The molecule has 0 N–H and O–H groups in total. The minimum Gasteiger partial charge on any atom is -0.357 e. The van der Waals surface area contributed by atoms with Gasteiger partial charge in [-0.1, -0.05) is 19.9 Å². The van der Waals surface area contributed by atoms with Crippen LogP contribution in [0.3, 0.4) is 0 Å². The zero-order chi connectivity index (χ0) is 13.5. The van der Waals surface area contributed by atoms with Crippen molar-refractivity contribution in [2.45, 2.75) is 40.5 Å². The third kappa shape index (κ3) is 3.46. The van der Waals surface area contributed by atoms with E-state index in [-0.39, 0.29) is 5.92 Å². The first-order chi connectivity index (χ1) is 8.70. The van der Waals surface area contributed by atoms with Gasteiger partial charge in [0.05, 0.1) is 6.07 Å². The topological polar surface area (TPSA) is 39.9 Å². The number of pyridine rings is 1. The largest absolute Gasteiger partial charge is 0.357 e. The standard InChI is InChI=1S/C13H17N3.C2H6/c1-10-3-4-13(15-11(10)2)16-7-5-12(9-14)6-8-16;1-2/h3-4,12H,5-8H2,1-2H3;1-2H3. The average molecular weight is 245 g/mol. The lowest BCUT2D eigenvalue weighted by atomic mass is 9.98. The second-order valence-corrected chi connectivity index (χ2v) is 4.46. The minimum atomic E-state index is 0.239. The van der Waals surface area contributed by atoms with Crippen LogP contribution >= 0.6 is 0 Å². The maximum Gasteiger partial charge on any atom is 0.128 e. The van der Waals surface area contributed by atoms with Crippen LogP contribution in [0.2, 0.25) is 0 Å². The van der Waals surface area contributed by atoms with Gasteiger partial charge in [0.25, 0.3) is 0 Å². The molecule has 3 nitrogen and oxygen atoms in total. The van der Waals surface area contributed by atoms with Crippen molar-refractivity contribution in [2.75, 3.05) is 18.0 Å². The lowest BCUT2D eigenvalue weighted by Crippen LogP contribution is -2.33. The van der Waals surface area contributed by atoms with Crippen LogP contribution < -0.4 is 4.90 Å². The number of anilines is 1. The molecule has 2 rings (SSSR count). The summed E-state index contributed by atoms with van der Waals surface area (Å²) in [6, 6.07) is 6.55. The van der Waals surface area contributed by atoms with Crippen molar-refractivity contribution in [1.82, 2.24) is 4.98 Å². The first-order valence-corrected chi connectivity index (χ1v) is 6.79. The van der Waals surface area contributed by atoms with Gasteiger partial charge in [-0.2, -0.15) is 5.26 Å². The van der Waals surface area contributed by atoms with Crippen molar-refractivity contribution >= 4 is 5.82 Å². The zero-order valence-electron chi connectivity index (χ0n) is 11.9. The maximum atomic E-state index is 8.84. The van der Waals surface area contributed by atoms with E-state index in [0.29, 0.717) is 0 Å². The quantitative estimate of drug-likeness (QED) is 0.760. The number of aromatic nitrogens is 1. The molecular weight excluding hydrogens is 222 g/mol. The summed E-state index contributed by atoms with van der Waals surface area (Å²) in [7, 11) is 0. The molecule has 0 atom stereocenters. The first kappa shape index (κ1) is 14.5. The molecule has 1 aromatic heterocycles. The minimum absolute atomic E-state index is 0.239. The monoisotopic (exact) mass is 245 g/mol. The van der Waals surface area contributed by atoms with Gasteiger partial charge in [-0.25, -0.2) is 4.98 Å². The zero-order valence-corrected chi connectivity index (χ0v) is 11.9. The van der Waals surface area contributed by atoms with E-state index in [4.69, 9.17) is 5.26 Å². The molecule has 0 spiro atoms. The summed E-state index contributed by atoms with van der Waals surface area (Å²) in [6.45, 7) is 10.0. The van der Waals surface area contributed by atoms with Gasteiger partial charge in [0.15, 0.2) is 0 Å². The Morgan fingerprint density at radius 3 is 2.33 bits per heavy atom. The van der Waals surface area contributed by atoms with Gasteiger partial charge in [0, 0.05) is 24.7 Å². The molecule has 1 aliphatic rings. The Morgan fingerprint density at radius 2 is 1.83 bits per heavy atom. The van der Waals surface area contributed by atoms with Crippen LogP contribution in [0.1, 0.15) is 37.9 Å². The molecule has 18 heavy (non-hydrogen) atoms. The van der Waals surface area contributed by atoms with E-state index in [9.17, 15) is 0 Å². The Labute approximate surface area is 110 Å². The Kier molecular flexibility index (Phi) is 5.64. The maximum absolute atomic E-state index is 8.84. The van der Waals surface area contributed by atoms with Gasteiger partial charge in [-0.05, 0) is 38.3 Å². The predicted octanol–water partition coefficient (Wildman–Crippen LogP) is 3.46. The third-order valence-corrected chi connectivity index (χ3v) is 3.34. The van der Waals surface area contributed by atoms with Gasteiger partial charge < -0.3 is 4.90 Å². The molecule has 0 aliphatic carbocycles. The highest BCUT2D eigenvalue weighted by molar-refractivity contribution is 5.41. The molecule has 1 fully saturated rings. The molecular formula is C15H23N3. The van der Waals surface area contributed by atoms with Crippen LogP contribution in [-0.2, 0) is 0 Å². The molecule has 1 aliphatic heterocycles. The van der Waals surface area contributed by atoms with Crippen molar-refractivity contribution in [2.24, 2.45) is 5.92 Å². The molecule has 0 bridgehead atoms. The normalized spacial score (nSPS) is 15.6.